The second kappa shape index (κ2) is 7.42. The van der Waals surface area contributed by atoms with Crippen molar-refractivity contribution in [2.75, 3.05) is 13.6 Å². The van der Waals surface area contributed by atoms with Crippen LogP contribution in [0.25, 0.3) is 10.9 Å². The van der Waals surface area contributed by atoms with Crippen LogP contribution in [0.5, 0.6) is 0 Å². The van der Waals surface area contributed by atoms with Crippen molar-refractivity contribution in [2.24, 2.45) is 0 Å². The van der Waals surface area contributed by atoms with E-state index in [1.165, 1.54) is 10.9 Å². The maximum atomic E-state index is 12.2. The van der Waals surface area contributed by atoms with E-state index in [0.717, 1.165) is 35.3 Å². The van der Waals surface area contributed by atoms with Crippen molar-refractivity contribution in [2.45, 2.75) is 33.2 Å². The van der Waals surface area contributed by atoms with Gasteiger partial charge in [-0.15, -0.1) is 0 Å². The number of carbonyl (C=O) groups excluding carboxylic acids is 1. The fourth-order valence-electron chi connectivity index (χ4n) is 3.05. The Hall–Kier alpha value is -2.76. The van der Waals surface area contributed by atoms with Gasteiger partial charge in [0.25, 0.3) is 0 Å². The number of rotatable bonds is 6. The van der Waals surface area contributed by atoms with Crippen molar-refractivity contribution in [3.05, 3.63) is 53.0 Å². The van der Waals surface area contributed by atoms with Gasteiger partial charge in [-0.05, 0) is 55.3 Å². The first-order valence-corrected chi connectivity index (χ1v) is 8.60. The van der Waals surface area contributed by atoms with Crippen LogP contribution < -0.4 is 5.32 Å². The van der Waals surface area contributed by atoms with Crippen LogP contribution in [0, 0.1) is 13.8 Å². The molecule has 0 saturated carbocycles. The molecule has 3 aromatic rings. The molecular formula is C19H25N5O. The number of aromatic amines is 2. The quantitative estimate of drug-likeness (QED) is 0.644. The van der Waals surface area contributed by atoms with Gasteiger partial charge in [-0.1, -0.05) is 12.1 Å². The van der Waals surface area contributed by atoms with Crippen LogP contribution in [-0.2, 0) is 13.0 Å². The molecule has 6 heteroatoms. The van der Waals surface area contributed by atoms with E-state index in [0.29, 0.717) is 13.1 Å². The lowest BCUT2D eigenvalue weighted by molar-refractivity contribution is 0.208. The maximum Gasteiger partial charge on any atom is 0.317 e. The summed E-state index contributed by atoms with van der Waals surface area (Å²) in [4.78, 5) is 17.2. The van der Waals surface area contributed by atoms with Gasteiger partial charge in [0.15, 0.2) is 0 Å². The summed E-state index contributed by atoms with van der Waals surface area (Å²) in [5.74, 6) is 0. The molecule has 0 spiro atoms. The van der Waals surface area contributed by atoms with E-state index in [1.54, 1.807) is 4.90 Å². The second-order valence-electron chi connectivity index (χ2n) is 6.50. The SMILES string of the molecule is Cc1n[nH]c(C)c1CCCN(C)C(=O)NCc1ccc2cc[nH]c2c1. The van der Waals surface area contributed by atoms with Crippen LogP contribution in [0.15, 0.2) is 30.5 Å². The third kappa shape index (κ3) is 4.02. The number of benzene rings is 1. The van der Waals surface area contributed by atoms with Gasteiger partial charge >= 0.3 is 6.03 Å². The Bertz CT molecular complexity index is 844. The van der Waals surface area contributed by atoms with Gasteiger partial charge < -0.3 is 15.2 Å². The molecule has 3 N–H and O–H groups in total. The molecule has 2 amide bonds. The third-order valence-electron chi connectivity index (χ3n) is 4.61. The lowest BCUT2D eigenvalue weighted by Gasteiger charge is -2.18. The fraction of sp³-hybridized carbons (Fsp3) is 0.368. The molecule has 0 radical (unpaired) electrons. The van der Waals surface area contributed by atoms with E-state index < -0.39 is 0 Å². The molecule has 0 aliphatic heterocycles. The Morgan fingerprint density at radius 3 is 2.88 bits per heavy atom. The number of nitrogens with zero attached hydrogens (tertiary/aromatic N) is 2. The van der Waals surface area contributed by atoms with E-state index in [1.807, 2.05) is 39.2 Å². The highest BCUT2D eigenvalue weighted by Gasteiger charge is 2.10. The van der Waals surface area contributed by atoms with Crippen LogP contribution in [0.2, 0.25) is 0 Å². The van der Waals surface area contributed by atoms with E-state index in [4.69, 9.17) is 0 Å². The molecular weight excluding hydrogens is 314 g/mol. The van der Waals surface area contributed by atoms with Crippen LogP contribution in [0.4, 0.5) is 4.79 Å². The molecule has 25 heavy (non-hydrogen) atoms. The minimum atomic E-state index is -0.0489. The number of nitrogens with one attached hydrogen (secondary N) is 3. The summed E-state index contributed by atoms with van der Waals surface area (Å²) in [7, 11) is 1.83. The second-order valence-corrected chi connectivity index (χ2v) is 6.50. The van der Waals surface area contributed by atoms with E-state index in [-0.39, 0.29) is 6.03 Å². The number of carbonyl (C=O) groups is 1. The Labute approximate surface area is 147 Å². The van der Waals surface area contributed by atoms with Gasteiger partial charge in [0.05, 0.1) is 5.69 Å². The Balaban J connectivity index is 1.45. The molecule has 0 unspecified atom stereocenters. The van der Waals surface area contributed by atoms with E-state index in [2.05, 4.69) is 32.6 Å². The zero-order chi connectivity index (χ0) is 17.8. The number of aryl methyl sites for hydroxylation is 2. The summed E-state index contributed by atoms with van der Waals surface area (Å²) in [5, 5.41) is 11.4. The summed E-state index contributed by atoms with van der Waals surface area (Å²) >= 11 is 0. The van der Waals surface area contributed by atoms with Gasteiger partial charge in [-0.3, -0.25) is 5.10 Å². The average Bonchev–Trinajstić information content (AvgIpc) is 3.20. The topological polar surface area (TPSA) is 76.8 Å². The summed E-state index contributed by atoms with van der Waals surface area (Å²) < 4.78 is 0. The largest absolute Gasteiger partial charge is 0.361 e. The highest BCUT2D eigenvalue weighted by molar-refractivity contribution is 5.80. The molecule has 0 fully saturated rings. The summed E-state index contributed by atoms with van der Waals surface area (Å²) in [6.07, 6.45) is 3.76. The van der Waals surface area contributed by atoms with Crippen molar-refractivity contribution in [3.8, 4) is 0 Å². The summed E-state index contributed by atoms with van der Waals surface area (Å²) in [6.45, 7) is 5.28. The maximum absolute atomic E-state index is 12.2. The fourth-order valence-corrected chi connectivity index (χ4v) is 3.05. The number of aromatic nitrogens is 3. The molecule has 0 saturated heterocycles. The van der Waals surface area contributed by atoms with Crippen LogP contribution in [0.3, 0.4) is 0 Å². The number of hydrogen-bond acceptors (Lipinski definition) is 2. The van der Waals surface area contributed by atoms with E-state index >= 15 is 0 Å². The van der Waals surface area contributed by atoms with Gasteiger partial charge in [0, 0.05) is 37.5 Å². The molecule has 0 aliphatic rings. The van der Waals surface area contributed by atoms with Crippen LogP contribution >= 0.6 is 0 Å². The van der Waals surface area contributed by atoms with Crippen LogP contribution in [-0.4, -0.2) is 39.7 Å². The zero-order valence-corrected chi connectivity index (χ0v) is 15.0. The predicted octanol–water partition coefficient (Wildman–Crippen LogP) is 3.28. The molecule has 0 bridgehead atoms. The number of fused-ring (bicyclic) bond motifs is 1. The molecule has 1 aromatic carbocycles. The number of urea groups is 1. The standard InChI is InChI=1S/C19H25N5O/c1-13-17(14(2)23-22-13)5-4-10-24(3)19(25)21-12-15-6-7-16-8-9-20-18(16)11-15/h6-9,11,20H,4-5,10,12H2,1-3H3,(H,21,25)(H,22,23). The summed E-state index contributed by atoms with van der Waals surface area (Å²) in [5.41, 5.74) is 5.59. The predicted molar refractivity (Wildman–Crippen MR) is 99.5 cm³/mol. The molecule has 2 aromatic heterocycles. The first kappa shape index (κ1) is 17.1. The first-order valence-electron chi connectivity index (χ1n) is 8.60. The molecule has 6 nitrogen and oxygen atoms in total. The number of hydrogen-bond donors (Lipinski definition) is 3. The van der Waals surface area contributed by atoms with Gasteiger partial charge in [-0.25, -0.2) is 4.79 Å². The lowest BCUT2D eigenvalue weighted by atomic mass is 10.1. The minimum absolute atomic E-state index is 0.0489. The van der Waals surface area contributed by atoms with Crippen molar-refractivity contribution in [1.82, 2.24) is 25.4 Å². The molecule has 3 rings (SSSR count). The Kier molecular flexibility index (Phi) is 5.07. The monoisotopic (exact) mass is 339 g/mol. The van der Waals surface area contributed by atoms with E-state index in [9.17, 15) is 4.79 Å². The molecule has 0 atom stereocenters. The highest BCUT2D eigenvalue weighted by atomic mass is 16.2. The smallest absolute Gasteiger partial charge is 0.317 e. The third-order valence-corrected chi connectivity index (χ3v) is 4.61. The van der Waals surface area contributed by atoms with Crippen molar-refractivity contribution in [3.63, 3.8) is 0 Å². The normalized spacial score (nSPS) is 11.0. The summed E-state index contributed by atoms with van der Waals surface area (Å²) in [6, 6.07) is 8.16. The average molecular weight is 339 g/mol. The molecule has 2 heterocycles. The number of amides is 2. The van der Waals surface area contributed by atoms with Gasteiger partial charge in [0.2, 0.25) is 0 Å². The molecule has 132 valence electrons. The van der Waals surface area contributed by atoms with Gasteiger partial charge in [-0.2, -0.15) is 5.10 Å². The number of H-pyrrole nitrogens is 2. The van der Waals surface area contributed by atoms with Crippen molar-refractivity contribution in [1.29, 1.82) is 0 Å². The van der Waals surface area contributed by atoms with Crippen LogP contribution in [0.1, 0.15) is 28.9 Å². The van der Waals surface area contributed by atoms with Crippen molar-refractivity contribution >= 4 is 16.9 Å². The zero-order valence-electron chi connectivity index (χ0n) is 15.0. The minimum Gasteiger partial charge on any atom is -0.361 e. The van der Waals surface area contributed by atoms with Crippen molar-refractivity contribution < 1.29 is 4.79 Å². The first-order chi connectivity index (χ1) is 12.0. The van der Waals surface area contributed by atoms with Gasteiger partial charge in [0.1, 0.15) is 0 Å². The lowest BCUT2D eigenvalue weighted by Crippen LogP contribution is -2.37. The Morgan fingerprint density at radius 1 is 1.28 bits per heavy atom. The highest BCUT2D eigenvalue weighted by Crippen LogP contribution is 2.14. The Morgan fingerprint density at radius 2 is 2.12 bits per heavy atom. The molecule has 0 aliphatic carbocycles.